The molecule has 2 saturated carbocycles. The van der Waals surface area contributed by atoms with E-state index in [-0.39, 0.29) is 0 Å². The van der Waals surface area contributed by atoms with Gasteiger partial charge in [-0.2, -0.15) is 0 Å². The molecule has 4 aliphatic rings. The van der Waals surface area contributed by atoms with Crippen LogP contribution in [0, 0.1) is 22.7 Å². The number of imidazole rings is 2. The Morgan fingerprint density at radius 2 is 1.38 bits per heavy atom. The molecule has 4 aromatic rings. The molecule has 0 bridgehead atoms. The van der Waals surface area contributed by atoms with Crippen molar-refractivity contribution >= 4 is 27.0 Å². The summed E-state index contributed by atoms with van der Waals surface area (Å²) in [6, 6.07) is 15.3. The molecule has 2 aromatic carbocycles. The average molecular weight is 554 g/mol. The largest absolute Gasteiger partial charge is 0.341 e. The molecule has 0 amide bonds. The predicted molar refractivity (Wildman–Crippen MR) is 148 cm³/mol. The first kappa shape index (κ1) is 22.1. The third kappa shape index (κ3) is 4.03. The lowest BCUT2D eigenvalue weighted by atomic mass is 10.0. The Balaban J connectivity index is 0.986. The lowest BCUT2D eigenvalue weighted by Crippen LogP contribution is -2.15. The number of benzene rings is 2. The van der Waals surface area contributed by atoms with Crippen LogP contribution >= 0.6 is 15.9 Å². The maximum Gasteiger partial charge on any atom is 0.124 e. The third-order valence-electron chi connectivity index (χ3n) is 8.98. The fourth-order valence-electron chi connectivity index (χ4n) is 6.19. The monoisotopic (exact) mass is 552 g/mol. The lowest BCUT2D eigenvalue weighted by molar-refractivity contribution is 0.543. The molecule has 4 heterocycles. The Morgan fingerprint density at radius 3 is 2.03 bits per heavy atom. The van der Waals surface area contributed by atoms with Crippen LogP contribution in [0.15, 0.2) is 47.1 Å². The van der Waals surface area contributed by atoms with Crippen LogP contribution in [-0.2, 0) is 0 Å². The number of rotatable bonds is 3. The number of fused-ring (bicyclic) bond motifs is 1. The number of H-pyrrole nitrogens is 2. The van der Waals surface area contributed by atoms with Crippen LogP contribution in [0.4, 0.5) is 0 Å². The zero-order chi connectivity index (χ0) is 24.6. The highest BCUT2D eigenvalue weighted by Gasteiger charge is 2.50. The molecule has 2 aliphatic heterocycles. The van der Waals surface area contributed by atoms with Gasteiger partial charge >= 0.3 is 0 Å². The standard InChI is InChI=1S/C30H29BrN6/c31-26-25(36-28(37-26)24-15-30(11-12-30)17-33-24)20-6-3-18(4-7-20)1-2-19-5-8-21-22(13-19)35-27(34-21)23-14-29(9-10-29)16-32-23/h3-8,13,23-24,32-33H,9-12,14-17H2,(H,34,35)(H,36,37). The molecule has 186 valence electrons. The van der Waals surface area contributed by atoms with E-state index in [1.165, 1.54) is 38.5 Å². The van der Waals surface area contributed by atoms with Crippen LogP contribution in [0.1, 0.15) is 73.4 Å². The molecule has 0 radical (unpaired) electrons. The smallest absolute Gasteiger partial charge is 0.124 e. The molecule has 6 nitrogen and oxygen atoms in total. The van der Waals surface area contributed by atoms with Crippen molar-refractivity contribution in [1.29, 1.82) is 0 Å². The highest BCUT2D eigenvalue weighted by Crippen LogP contribution is 2.55. The van der Waals surface area contributed by atoms with E-state index < -0.39 is 0 Å². The summed E-state index contributed by atoms with van der Waals surface area (Å²) in [6.45, 7) is 2.24. The minimum atomic E-state index is 0.324. The summed E-state index contributed by atoms with van der Waals surface area (Å²) in [4.78, 5) is 16.8. The fraction of sp³-hybridized carbons (Fsp3) is 0.400. The Labute approximate surface area is 224 Å². The predicted octanol–water partition coefficient (Wildman–Crippen LogP) is 5.74. The number of hydrogen-bond acceptors (Lipinski definition) is 4. The van der Waals surface area contributed by atoms with Gasteiger partial charge in [0.15, 0.2) is 0 Å². The first-order valence-electron chi connectivity index (χ1n) is 13.4. The second-order valence-corrected chi connectivity index (χ2v) is 12.5. The normalized spacial score (nSPS) is 24.6. The molecular formula is C30H29BrN6. The highest BCUT2D eigenvalue weighted by atomic mass is 79.9. The van der Waals surface area contributed by atoms with Crippen molar-refractivity contribution in [3.8, 4) is 23.1 Å². The molecular weight excluding hydrogens is 524 g/mol. The first-order valence-corrected chi connectivity index (χ1v) is 14.2. The fourth-order valence-corrected chi connectivity index (χ4v) is 6.71. The summed E-state index contributed by atoms with van der Waals surface area (Å²) in [6.07, 6.45) is 7.80. The van der Waals surface area contributed by atoms with E-state index in [1.807, 2.05) is 0 Å². The van der Waals surface area contributed by atoms with Gasteiger partial charge in [0.2, 0.25) is 0 Å². The number of hydrogen-bond donors (Lipinski definition) is 4. The third-order valence-corrected chi connectivity index (χ3v) is 9.56. The van der Waals surface area contributed by atoms with Crippen LogP contribution < -0.4 is 10.6 Å². The number of halogens is 1. The molecule has 2 spiro atoms. The second kappa shape index (κ2) is 8.04. The number of aromatic nitrogens is 4. The Kier molecular flexibility index (Phi) is 4.80. The Morgan fingerprint density at radius 1 is 0.757 bits per heavy atom. The van der Waals surface area contributed by atoms with Crippen LogP contribution in [0.3, 0.4) is 0 Å². The lowest BCUT2D eigenvalue weighted by Gasteiger charge is -2.06. The van der Waals surface area contributed by atoms with Gasteiger partial charge in [-0.3, -0.25) is 0 Å². The topological polar surface area (TPSA) is 81.4 Å². The van der Waals surface area contributed by atoms with Crippen LogP contribution in [0.5, 0.6) is 0 Å². The average Bonchev–Trinajstić information content (AvgIpc) is 3.54. The Hall–Kier alpha value is -2.92. The highest BCUT2D eigenvalue weighted by molar-refractivity contribution is 9.10. The van der Waals surface area contributed by atoms with Crippen molar-refractivity contribution in [2.75, 3.05) is 13.1 Å². The molecule has 7 heteroatoms. The summed E-state index contributed by atoms with van der Waals surface area (Å²) in [7, 11) is 0. The van der Waals surface area contributed by atoms with Crippen LogP contribution in [-0.4, -0.2) is 33.0 Å². The van der Waals surface area contributed by atoms with E-state index in [4.69, 9.17) is 9.97 Å². The summed E-state index contributed by atoms with van der Waals surface area (Å²) in [5.41, 5.74) is 7.17. The summed E-state index contributed by atoms with van der Waals surface area (Å²) < 4.78 is 0.937. The quantitative estimate of drug-likeness (QED) is 0.244. The zero-order valence-corrected chi connectivity index (χ0v) is 22.2. The van der Waals surface area contributed by atoms with E-state index in [0.717, 1.165) is 62.8 Å². The minimum absolute atomic E-state index is 0.324. The minimum Gasteiger partial charge on any atom is -0.341 e. The number of nitrogens with one attached hydrogen (secondary N) is 4. The van der Waals surface area contributed by atoms with Crippen LogP contribution in [0.25, 0.3) is 22.3 Å². The summed E-state index contributed by atoms with van der Waals surface area (Å²) in [5, 5.41) is 7.30. The van der Waals surface area contributed by atoms with Gasteiger partial charge in [-0.15, -0.1) is 0 Å². The van der Waals surface area contributed by atoms with Crippen molar-refractivity contribution in [3.63, 3.8) is 0 Å². The molecule has 8 rings (SSSR count). The van der Waals surface area contributed by atoms with Crippen molar-refractivity contribution < 1.29 is 0 Å². The Bertz CT molecular complexity index is 1580. The van der Waals surface area contributed by atoms with E-state index >= 15 is 0 Å². The maximum absolute atomic E-state index is 4.93. The SMILES string of the molecule is Brc1[nH]c(C2CC3(CC3)CN2)nc1-c1ccc(C#Cc2ccc3nc(C4CC5(CC5)CN4)[nH]c3c2)cc1. The van der Waals surface area contributed by atoms with E-state index in [0.29, 0.717) is 22.9 Å². The van der Waals surface area contributed by atoms with Crippen molar-refractivity contribution in [3.05, 3.63) is 69.8 Å². The zero-order valence-electron chi connectivity index (χ0n) is 20.6. The summed E-state index contributed by atoms with van der Waals surface area (Å²) in [5.74, 6) is 8.74. The van der Waals surface area contributed by atoms with E-state index in [1.54, 1.807) is 0 Å². The number of aromatic amines is 2. The van der Waals surface area contributed by atoms with Gasteiger partial charge in [0.1, 0.15) is 21.9 Å². The van der Waals surface area contributed by atoms with E-state index in [2.05, 4.69) is 90.8 Å². The van der Waals surface area contributed by atoms with E-state index in [9.17, 15) is 0 Å². The number of nitrogens with zero attached hydrogens (tertiary/aromatic N) is 2. The van der Waals surface area contributed by atoms with Crippen molar-refractivity contribution in [1.82, 2.24) is 30.6 Å². The van der Waals surface area contributed by atoms with Gasteiger partial charge in [0.25, 0.3) is 0 Å². The van der Waals surface area contributed by atoms with Crippen LogP contribution in [0.2, 0.25) is 0 Å². The van der Waals surface area contributed by atoms with Gasteiger partial charge in [-0.05, 0) is 95.6 Å². The maximum atomic E-state index is 4.93. The van der Waals surface area contributed by atoms with Gasteiger partial charge in [0, 0.05) is 29.8 Å². The molecule has 2 saturated heterocycles. The second-order valence-electron chi connectivity index (χ2n) is 11.7. The molecule has 2 atom stereocenters. The molecule has 4 N–H and O–H groups in total. The molecule has 2 unspecified atom stereocenters. The van der Waals surface area contributed by atoms with Crippen molar-refractivity contribution in [2.45, 2.75) is 50.6 Å². The summed E-state index contributed by atoms with van der Waals surface area (Å²) >= 11 is 3.69. The van der Waals surface area contributed by atoms with Crippen molar-refractivity contribution in [2.24, 2.45) is 10.8 Å². The molecule has 2 aliphatic carbocycles. The van der Waals surface area contributed by atoms with Gasteiger partial charge < -0.3 is 20.6 Å². The molecule has 37 heavy (non-hydrogen) atoms. The van der Waals surface area contributed by atoms with Gasteiger partial charge in [-0.25, -0.2) is 9.97 Å². The van der Waals surface area contributed by atoms with Gasteiger partial charge in [0.05, 0.1) is 23.1 Å². The molecule has 4 fully saturated rings. The first-order chi connectivity index (χ1) is 18.1. The molecule has 2 aromatic heterocycles. The van der Waals surface area contributed by atoms with Gasteiger partial charge in [-0.1, -0.05) is 24.0 Å².